The van der Waals surface area contributed by atoms with Gasteiger partial charge in [-0.2, -0.15) is 0 Å². The molecule has 0 bridgehead atoms. The van der Waals surface area contributed by atoms with Crippen molar-refractivity contribution in [2.75, 3.05) is 5.73 Å². The highest BCUT2D eigenvalue weighted by Crippen LogP contribution is 2.13. The molecule has 0 unspecified atom stereocenters. The van der Waals surface area contributed by atoms with Gasteiger partial charge in [-0.3, -0.25) is 4.79 Å². The number of hydrogen-bond donors (Lipinski definition) is 1. The maximum absolute atomic E-state index is 11.7. The van der Waals surface area contributed by atoms with Gasteiger partial charge in [0, 0.05) is 35.4 Å². The summed E-state index contributed by atoms with van der Waals surface area (Å²) in [5.74, 6) is 0. The fourth-order valence-electron chi connectivity index (χ4n) is 1.93. The van der Waals surface area contributed by atoms with E-state index in [-0.39, 0.29) is 5.56 Å². The van der Waals surface area contributed by atoms with Crippen molar-refractivity contribution in [1.82, 2.24) is 14.0 Å². The number of rotatable bonds is 2. The molecule has 0 saturated heterocycles. The minimum atomic E-state index is -0.107. The lowest BCUT2D eigenvalue weighted by Crippen LogP contribution is -2.19. The highest BCUT2D eigenvalue weighted by Gasteiger charge is 2.04. The first-order chi connectivity index (χ1) is 9.11. The first kappa shape index (κ1) is 11.8. The number of fused-ring (bicyclic) bond motifs is 1. The lowest BCUT2D eigenvalue weighted by Gasteiger charge is -2.03. The predicted octanol–water partition coefficient (Wildman–Crippen LogP) is 1.78. The summed E-state index contributed by atoms with van der Waals surface area (Å²) in [6.07, 6.45) is 5.30. The molecule has 3 aromatic heterocycles. The molecule has 5 nitrogen and oxygen atoms in total. The van der Waals surface area contributed by atoms with Gasteiger partial charge in [-0.1, -0.05) is 11.6 Å². The summed E-state index contributed by atoms with van der Waals surface area (Å²) in [5, 5.41) is 0.630. The van der Waals surface area contributed by atoms with Crippen LogP contribution in [0.1, 0.15) is 5.69 Å². The number of hydrogen-bond acceptors (Lipinski definition) is 3. The standard InChI is InChI=1S/C13H11ClN4O/c14-9-3-4-17-7-11(16-12(17)5-9)8-18-6-10(15)1-2-13(18)19/h1-7H,8,15H2. The normalized spacial score (nSPS) is 11.0. The van der Waals surface area contributed by atoms with Crippen molar-refractivity contribution in [3.05, 3.63) is 63.9 Å². The maximum atomic E-state index is 11.7. The summed E-state index contributed by atoms with van der Waals surface area (Å²) < 4.78 is 3.39. The van der Waals surface area contributed by atoms with Crippen molar-refractivity contribution in [2.24, 2.45) is 0 Å². The van der Waals surface area contributed by atoms with E-state index in [0.29, 0.717) is 17.3 Å². The van der Waals surface area contributed by atoms with Crippen LogP contribution in [0.5, 0.6) is 0 Å². The molecule has 2 N–H and O–H groups in total. The summed E-state index contributed by atoms with van der Waals surface area (Å²) in [6.45, 7) is 0.378. The minimum absolute atomic E-state index is 0.107. The Morgan fingerprint density at radius 1 is 1.26 bits per heavy atom. The van der Waals surface area contributed by atoms with Gasteiger partial charge in [0.1, 0.15) is 5.65 Å². The van der Waals surface area contributed by atoms with E-state index in [4.69, 9.17) is 17.3 Å². The van der Waals surface area contributed by atoms with Gasteiger partial charge in [0.15, 0.2) is 0 Å². The molecule has 0 amide bonds. The monoisotopic (exact) mass is 274 g/mol. The minimum Gasteiger partial charge on any atom is -0.398 e. The Labute approximate surface area is 113 Å². The van der Waals surface area contributed by atoms with E-state index in [0.717, 1.165) is 11.3 Å². The Bertz CT molecular complexity index is 806. The lowest BCUT2D eigenvalue weighted by atomic mass is 10.4. The van der Waals surface area contributed by atoms with Gasteiger partial charge in [0.05, 0.1) is 12.2 Å². The van der Waals surface area contributed by atoms with Crippen molar-refractivity contribution in [1.29, 1.82) is 0 Å². The van der Waals surface area contributed by atoms with Crippen molar-refractivity contribution in [3.63, 3.8) is 0 Å². The van der Waals surface area contributed by atoms with Crippen LogP contribution in [0.3, 0.4) is 0 Å². The third-order valence-corrected chi connectivity index (χ3v) is 3.05. The average Bonchev–Trinajstić information content (AvgIpc) is 2.75. The van der Waals surface area contributed by atoms with Crippen molar-refractivity contribution in [3.8, 4) is 0 Å². The molecule has 0 radical (unpaired) electrons. The Morgan fingerprint density at radius 2 is 2.11 bits per heavy atom. The van der Waals surface area contributed by atoms with Crippen molar-refractivity contribution >= 4 is 22.9 Å². The van der Waals surface area contributed by atoms with E-state index in [1.165, 1.54) is 10.6 Å². The SMILES string of the molecule is Nc1ccc(=O)n(Cc2cn3ccc(Cl)cc3n2)c1. The Balaban J connectivity index is 2.01. The van der Waals surface area contributed by atoms with E-state index < -0.39 is 0 Å². The molecule has 0 spiro atoms. The molecule has 0 fully saturated rings. The van der Waals surface area contributed by atoms with Gasteiger partial charge >= 0.3 is 0 Å². The van der Waals surface area contributed by atoms with Crippen LogP contribution in [0, 0.1) is 0 Å². The van der Waals surface area contributed by atoms with Gasteiger partial charge in [-0.15, -0.1) is 0 Å². The number of nitrogens with zero attached hydrogens (tertiary/aromatic N) is 3. The Morgan fingerprint density at radius 3 is 2.95 bits per heavy atom. The van der Waals surface area contributed by atoms with Gasteiger partial charge in [0.25, 0.3) is 5.56 Å². The number of aromatic nitrogens is 3. The fourth-order valence-corrected chi connectivity index (χ4v) is 2.09. The van der Waals surface area contributed by atoms with Gasteiger partial charge in [0.2, 0.25) is 0 Å². The van der Waals surface area contributed by atoms with Crippen LogP contribution in [-0.4, -0.2) is 14.0 Å². The van der Waals surface area contributed by atoms with Gasteiger partial charge < -0.3 is 14.7 Å². The zero-order chi connectivity index (χ0) is 13.4. The summed E-state index contributed by atoms with van der Waals surface area (Å²) in [7, 11) is 0. The van der Waals surface area contributed by atoms with Crippen molar-refractivity contribution in [2.45, 2.75) is 6.54 Å². The van der Waals surface area contributed by atoms with Gasteiger partial charge in [-0.25, -0.2) is 4.98 Å². The largest absolute Gasteiger partial charge is 0.398 e. The summed E-state index contributed by atoms with van der Waals surface area (Å²) >= 11 is 5.91. The lowest BCUT2D eigenvalue weighted by molar-refractivity contribution is 0.746. The molecule has 0 aliphatic carbocycles. The Kier molecular flexibility index (Phi) is 2.76. The number of nitrogen functional groups attached to an aromatic ring is 1. The maximum Gasteiger partial charge on any atom is 0.251 e. The van der Waals surface area contributed by atoms with E-state index >= 15 is 0 Å². The van der Waals surface area contributed by atoms with Crippen LogP contribution < -0.4 is 11.3 Å². The number of nitrogens with two attached hydrogens (primary N) is 1. The third kappa shape index (κ3) is 2.32. The number of anilines is 1. The zero-order valence-electron chi connectivity index (χ0n) is 9.95. The van der Waals surface area contributed by atoms with E-state index in [9.17, 15) is 4.79 Å². The van der Waals surface area contributed by atoms with Crippen LogP contribution >= 0.6 is 11.6 Å². The smallest absolute Gasteiger partial charge is 0.251 e. The molecule has 96 valence electrons. The molecule has 3 aromatic rings. The summed E-state index contributed by atoms with van der Waals surface area (Å²) in [4.78, 5) is 16.1. The predicted molar refractivity (Wildman–Crippen MR) is 74.4 cm³/mol. The molecule has 0 aliphatic heterocycles. The molecule has 0 saturated carbocycles. The molecule has 3 rings (SSSR count). The van der Waals surface area contributed by atoms with E-state index in [2.05, 4.69) is 4.98 Å². The molecular formula is C13H11ClN4O. The fraction of sp³-hybridized carbons (Fsp3) is 0.0769. The molecule has 19 heavy (non-hydrogen) atoms. The van der Waals surface area contributed by atoms with Crippen LogP contribution in [0.2, 0.25) is 5.02 Å². The first-order valence-corrected chi connectivity index (χ1v) is 6.09. The zero-order valence-corrected chi connectivity index (χ0v) is 10.7. The second-order valence-electron chi connectivity index (χ2n) is 4.27. The van der Waals surface area contributed by atoms with Gasteiger partial charge in [-0.05, 0) is 18.2 Å². The molecular weight excluding hydrogens is 264 g/mol. The average molecular weight is 275 g/mol. The second kappa shape index (κ2) is 4.44. The highest BCUT2D eigenvalue weighted by molar-refractivity contribution is 6.30. The molecule has 0 atom stereocenters. The van der Waals surface area contributed by atoms with Crippen molar-refractivity contribution < 1.29 is 0 Å². The quantitative estimate of drug-likeness (QED) is 0.775. The third-order valence-electron chi connectivity index (χ3n) is 2.81. The summed E-state index contributed by atoms with van der Waals surface area (Å²) in [6, 6.07) is 6.59. The number of imidazole rings is 1. The van der Waals surface area contributed by atoms with Crippen LogP contribution in [0.25, 0.3) is 5.65 Å². The van der Waals surface area contributed by atoms with Crippen LogP contribution in [0.4, 0.5) is 5.69 Å². The Hall–Kier alpha value is -2.27. The molecule has 0 aliphatic rings. The molecule has 3 heterocycles. The highest BCUT2D eigenvalue weighted by atomic mass is 35.5. The second-order valence-corrected chi connectivity index (χ2v) is 4.71. The molecule has 6 heteroatoms. The number of pyridine rings is 2. The first-order valence-electron chi connectivity index (χ1n) is 5.71. The molecule has 0 aromatic carbocycles. The van der Waals surface area contributed by atoms with E-state index in [1.807, 2.05) is 16.8 Å². The van der Waals surface area contributed by atoms with E-state index in [1.54, 1.807) is 24.4 Å². The number of halogens is 1. The topological polar surface area (TPSA) is 65.3 Å². The van der Waals surface area contributed by atoms with Crippen LogP contribution in [0.15, 0.2) is 47.7 Å². The summed E-state index contributed by atoms with van der Waals surface area (Å²) in [5.41, 5.74) is 7.64. The van der Waals surface area contributed by atoms with Crippen LogP contribution in [-0.2, 0) is 6.54 Å².